The molecule has 0 saturated heterocycles. The van der Waals surface area contributed by atoms with Gasteiger partial charge in [-0.25, -0.2) is 13.1 Å². The van der Waals surface area contributed by atoms with Crippen molar-refractivity contribution >= 4 is 15.9 Å². The van der Waals surface area contributed by atoms with E-state index < -0.39 is 15.9 Å². The summed E-state index contributed by atoms with van der Waals surface area (Å²) in [7, 11) is -3.80. The smallest absolute Gasteiger partial charge is 0.264 e. The van der Waals surface area contributed by atoms with Gasteiger partial charge in [-0.05, 0) is 63.5 Å². The van der Waals surface area contributed by atoms with Crippen LogP contribution in [0.3, 0.4) is 0 Å². The van der Waals surface area contributed by atoms with Crippen molar-refractivity contribution in [2.75, 3.05) is 0 Å². The fourth-order valence-corrected chi connectivity index (χ4v) is 4.81. The van der Waals surface area contributed by atoms with E-state index in [4.69, 9.17) is 0 Å². The zero-order valence-corrected chi connectivity index (χ0v) is 21.3. The van der Waals surface area contributed by atoms with Crippen molar-refractivity contribution in [2.45, 2.75) is 108 Å². The summed E-state index contributed by atoms with van der Waals surface area (Å²) >= 11 is 0. The van der Waals surface area contributed by atoms with Crippen molar-refractivity contribution in [3.8, 4) is 0 Å². The van der Waals surface area contributed by atoms with Crippen LogP contribution in [-0.2, 0) is 14.8 Å². The van der Waals surface area contributed by atoms with E-state index in [0.717, 1.165) is 44.9 Å². The normalized spacial score (nSPS) is 13.1. The molecule has 0 aromatic heterocycles. The number of carbonyl (C=O) groups is 1. The Labute approximate surface area is 201 Å². The van der Waals surface area contributed by atoms with Gasteiger partial charge in [-0.1, -0.05) is 81.5 Å². The molecule has 0 heterocycles. The molecule has 0 saturated carbocycles. The van der Waals surface area contributed by atoms with Crippen LogP contribution in [0, 0.1) is 6.92 Å². The fourth-order valence-electron chi connectivity index (χ4n) is 3.55. The van der Waals surface area contributed by atoms with Gasteiger partial charge in [0.25, 0.3) is 10.0 Å². The van der Waals surface area contributed by atoms with Crippen LogP contribution in [0.25, 0.3) is 0 Å². The zero-order chi connectivity index (χ0) is 24.4. The molecule has 186 valence electrons. The SMILES string of the molecule is CCCC[C@@H](O)C=CCCCCCCCC=CCCCC(=O)NS(=O)(=O)c1ccccc1C. The topological polar surface area (TPSA) is 83.5 Å². The number of hydrogen-bond donors (Lipinski definition) is 2. The Kier molecular flexibility index (Phi) is 15.5. The van der Waals surface area contributed by atoms with Crippen LogP contribution in [0.4, 0.5) is 0 Å². The third-order valence-electron chi connectivity index (χ3n) is 5.53. The number of benzene rings is 1. The van der Waals surface area contributed by atoms with E-state index in [1.165, 1.54) is 31.7 Å². The molecule has 33 heavy (non-hydrogen) atoms. The molecule has 0 aliphatic rings. The van der Waals surface area contributed by atoms with Crippen LogP contribution in [-0.4, -0.2) is 25.5 Å². The lowest BCUT2D eigenvalue weighted by Crippen LogP contribution is -2.30. The molecule has 2 N–H and O–H groups in total. The Morgan fingerprint density at radius 1 is 0.939 bits per heavy atom. The maximum absolute atomic E-state index is 12.3. The van der Waals surface area contributed by atoms with Gasteiger partial charge in [0.1, 0.15) is 0 Å². The van der Waals surface area contributed by atoms with E-state index in [-0.39, 0.29) is 17.4 Å². The number of aliphatic hydroxyl groups excluding tert-OH is 1. The van der Waals surface area contributed by atoms with E-state index in [1.54, 1.807) is 25.1 Å². The third-order valence-corrected chi connectivity index (χ3v) is 7.06. The van der Waals surface area contributed by atoms with E-state index >= 15 is 0 Å². The van der Waals surface area contributed by atoms with Gasteiger partial charge in [0.05, 0.1) is 11.0 Å². The highest BCUT2D eigenvalue weighted by molar-refractivity contribution is 7.90. The predicted octanol–water partition coefficient (Wildman–Crippen LogP) is 6.36. The minimum absolute atomic E-state index is 0.149. The lowest BCUT2D eigenvalue weighted by atomic mass is 10.1. The average Bonchev–Trinajstić information content (AvgIpc) is 2.77. The van der Waals surface area contributed by atoms with Gasteiger partial charge in [-0.2, -0.15) is 0 Å². The van der Waals surface area contributed by atoms with Gasteiger partial charge in [-0.3, -0.25) is 4.79 Å². The first-order valence-electron chi connectivity index (χ1n) is 12.5. The van der Waals surface area contributed by atoms with Crippen molar-refractivity contribution in [2.24, 2.45) is 0 Å². The molecule has 6 heteroatoms. The van der Waals surface area contributed by atoms with E-state index in [9.17, 15) is 18.3 Å². The lowest BCUT2D eigenvalue weighted by molar-refractivity contribution is -0.119. The maximum atomic E-state index is 12.3. The molecule has 1 aromatic carbocycles. The van der Waals surface area contributed by atoms with Gasteiger partial charge in [0, 0.05) is 6.42 Å². The second kappa shape index (κ2) is 17.5. The summed E-state index contributed by atoms with van der Waals surface area (Å²) in [5, 5.41) is 9.74. The minimum Gasteiger partial charge on any atom is -0.389 e. The standard InChI is InChI=1S/C27H43NO4S/c1-3-4-20-25(29)21-15-13-11-9-7-5-6-8-10-12-14-16-23-27(30)28-33(31,32)26-22-18-17-19-24(26)2/h10,12,15,17-19,21-22,25,29H,3-9,11,13-14,16,20,23H2,1-2H3,(H,28,30)/t25-/m1/s1. The van der Waals surface area contributed by atoms with Crippen molar-refractivity contribution in [1.82, 2.24) is 4.72 Å². The molecule has 0 fully saturated rings. The van der Waals surface area contributed by atoms with Crippen LogP contribution in [0.15, 0.2) is 53.5 Å². The highest BCUT2D eigenvalue weighted by atomic mass is 32.2. The Balaban J connectivity index is 2.02. The van der Waals surface area contributed by atoms with Crippen LogP contribution in [0.2, 0.25) is 0 Å². The summed E-state index contributed by atoms with van der Waals surface area (Å²) in [6.07, 6.45) is 20.8. The summed E-state index contributed by atoms with van der Waals surface area (Å²) in [4.78, 5) is 12.1. The summed E-state index contributed by atoms with van der Waals surface area (Å²) < 4.78 is 26.8. The molecule has 0 radical (unpaired) electrons. The first-order valence-corrected chi connectivity index (χ1v) is 14.0. The van der Waals surface area contributed by atoms with Gasteiger partial charge in [-0.15, -0.1) is 0 Å². The van der Waals surface area contributed by atoms with Gasteiger partial charge >= 0.3 is 0 Å². The molecule has 1 aromatic rings. The molecule has 0 bridgehead atoms. The molecule has 0 unspecified atom stereocenters. The average molecular weight is 478 g/mol. The largest absolute Gasteiger partial charge is 0.389 e. The van der Waals surface area contributed by atoms with Crippen molar-refractivity contribution < 1.29 is 18.3 Å². The second-order valence-corrected chi connectivity index (χ2v) is 10.3. The minimum atomic E-state index is -3.80. The predicted molar refractivity (Wildman–Crippen MR) is 136 cm³/mol. The Hall–Kier alpha value is -1.92. The number of nitrogens with one attached hydrogen (secondary N) is 1. The third kappa shape index (κ3) is 14.1. The molecule has 0 aliphatic carbocycles. The first kappa shape index (κ1) is 29.1. The van der Waals surface area contributed by atoms with Gasteiger partial charge in [0.2, 0.25) is 5.91 Å². The molecule has 5 nitrogen and oxygen atoms in total. The van der Waals surface area contributed by atoms with Crippen molar-refractivity contribution in [1.29, 1.82) is 0 Å². The lowest BCUT2D eigenvalue weighted by Gasteiger charge is -2.08. The monoisotopic (exact) mass is 477 g/mol. The number of hydrogen-bond acceptors (Lipinski definition) is 4. The molecular formula is C27H43NO4S. The number of amides is 1. The maximum Gasteiger partial charge on any atom is 0.264 e. The number of rotatable bonds is 18. The van der Waals surface area contributed by atoms with Crippen LogP contribution in [0.1, 0.15) is 96.0 Å². The summed E-state index contributed by atoms with van der Waals surface area (Å²) in [6.45, 7) is 3.85. The molecule has 1 atom stereocenters. The quantitative estimate of drug-likeness (QED) is 0.190. The van der Waals surface area contributed by atoms with Gasteiger partial charge < -0.3 is 5.11 Å². The van der Waals surface area contributed by atoms with Crippen LogP contribution in [0.5, 0.6) is 0 Å². The molecule has 1 amide bonds. The number of unbranched alkanes of at least 4 members (excludes halogenated alkanes) is 8. The van der Waals surface area contributed by atoms with Crippen molar-refractivity contribution in [3.05, 3.63) is 54.1 Å². The van der Waals surface area contributed by atoms with Crippen LogP contribution < -0.4 is 4.72 Å². The summed E-state index contributed by atoms with van der Waals surface area (Å²) in [6, 6.07) is 6.64. The highest BCUT2D eigenvalue weighted by Gasteiger charge is 2.18. The Bertz CT molecular complexity index is 830. The molecular weight excluding hydrogens is 434 g/mol. The number of allylic oxidation sites excluding steroid dienone is 3. The number of carbonyl (C=O) groups excluding carboxylic acids is 1. The number of sulfonamides is 1. The number of aryl methyl sites for hydroxylation is 1. The molecule has 1 rings (SSSR count). The number of aliphatic hydroxyl groups is 1. The summed E-state index contributed by atoms with van der Waals surface area (Å²) in [5.41, 5.74) is 0.621. The van der Waals surface area contributed by atoms with E-state index in [1.807, 2.05) is 6.08 Å². The first-order chi connectivity index (χ1) is 15.9. The van der Waals surface area contributed by atoms with Crippen molar-refractivity contribution in [3.63, 3.8) is 0 Å². The summed E-state index contributed by atoms with van der Waals surface area (Å²) in [5.74, 6) is -0.461. The highest BCUT2D eigenvalue weighted by Crippen LogP contribution is 2.14. The van der Waals surface area contributed by atoms with E-state index in [0.29, 0.717) is 12.0 Å². The van der Waals surface area contributed by atoms with E-state index in [2.05, 4.69) is 29.9 Å². The fraction of sp³-hybridized carbons (Fsp3) is 0.593. The second-order valence-electron chi connectivity index (χ2n) is 8.64. The molecule has 0 spiro atoms. The van der Waals surface area contributed by atoms with Gasteiger partial charge in [0.15, 0.2) is 0 Å². The Morgan fingerprint density at radius 3 is 2.21 bits per heavy atom. The Morgan fingerprint density at radius 2 is 1.55 bits per heavy atom. The van der Waals surface area contributed by atoms with Crippen LogP contribution >= 0.6 is 0 Å². The molecule has 0 aliphatic heterocycles. The zero-order valence-electron chi connectivity index (χ0n) is 20.5.